The summed E-state index contributed by atoms with van der Waals surface area (Å²) in [4.78, 5) is 14.9. The largest absolute Gasteiger partial charge is 0.377 e. The summed E-state index contributed by atoms with van der Waals surface area (Å²) in [5.41, 5.74) is 0.592. The lowest BCUT2D eigenvalue weighted by molar-refractivity contribution is 0.0847. The van der Waals surface area contributed by atoms with E-state index in [1.165, 1.54) is 13.3 Å². The third-order valence-electron chi connectivity index (χ3n) is 1.26. The van der Waals surface area contributed by atoms with Crippen molar-refractivity contribution in [3.8, 4) is 0 Å². The van der Waals surface area contributed by atoms with Gasteiger partial charge in [0.1, 0.15) is 6.61 Å². The SMILES string of the molecule is COCC(=O)c1cccnc1. The zero-order valence-electron chi connectivity index (χ0n) is 6.28. The van der Waals surface area contributed by atoms with Crippen LogP contribution in [0, 0.1) is 0 Å². The van der Waals surface area contributed by atoms with Gasteiger partial charge in [-0.2, -0.15) is 0 Å². The first-order valence-corrected chi connectivity index (χ1v) is 3.27. The maximum atomic E-state index is 11.1. The Morgan fingerprint density at radius 3 is 3.09 bits per heavy atom. The average Bonchev–Trinajstić information content (AvgIpc) is 2.07. The van der Waals surface area contributed by atoms with Crippen LogP contribution in [0.25, 0.3) is 0 Å². The Hall–Kier alpha value is -1.22. The molecule has 0 saturated heterocycles. The molecule has 1 aromatic heterocycles. The molecule has 0 fully saturated rings. The van der Waals surface area contributed by atoms with Gasteiger partial charge in [0.25, 0.3) is 0 Å². The highest BCUT2D eigenvalue weighted by Gasteiger charge is 2.02. The molecule has 0 spiro atoms. The summed E-state index contributed by atoms with van der Waals surface area (Å²) in [6, 6.07) is 3.44. The molecule has 0 N–H and O–H groups in total. The molecule has 0 aliphatic heterocycles. The molecule has 58 valence electrons. The number of hydrogen-bond donors (Lipinski definition) is 0. The summed E-state index contributed by atoms with van der Waals surface area (Å²) in [6.45, 7) is 0.117. The molecule has 3 nitrogen and oxygen atoms in total. The van der Waals surface area contributed by atoms with Crippen LogP contribution in [0.5, 0.6) is 0 Å². The van der Waals surface area contributed by atoms with E-state index >= 15 is 0 Å². The molecule has 0 aliphatic carbocycles. The molecule has 1 rings (SSSR count). The van der Waals surface area contributed by atoms with Crippen LogP contribution in [0.4, 0.5) is 0 Å². The van der Waals surface area contributed by atoms with Crippen LogP contribution in [-0.2, 0) is 4.74 Å². The summed E-state index contributed by atoms with van der Waals surface area (Å²) >= 11 is 0. The second kappa shape index (κ2) is 3.83. The lowest BCUT2D eigenvalue weighted by atomic mass is 10.2. The van der Waals surface area contributed by atoms with E-state index in [-0.39, 0.29) is 12.4 Å². The fourth-order valence-electron chi connectivity index (χ4n) is 0.742. The zero-order chi connectivity index (χ0) is 8.10. The quantitative estimate of drug-likeness (QED) is 0.603. The maximum absolute atomic E-state index is 11.1. The molecule has 0 aliphatic rings. The predicted octanol–water partition coefficient (Wildman–Crippen LogP) is 0.911. The van der Waals surface area contributed by atoms with Gasteiger partial charge in [0, 0.05) is 25.1 Å². The number of pyridine rings is 1. The van der Waals surface area contributed by atoms with Crippen LogP contribution >= 0.6 is 0 Å². The fraction of sp³-hybridized carbons (Fsp3) is 0.250. The lowest BCUT2D eigenvalue weighted by Gasteiger charge is -1.96. The predicted molar refractivity (Wildman–Crippen MR) is 40.4 cm³/mol. The van der Waals surface area contributed by atoms with Crippen LogP contribution in [-0.4, -0.2) is 24.5 Å². The second-order valence-corrected chi connectivity index (χ2v) is 2.10. The molecule has 0 bridgehead atoms. The topological polar surface area (TPSA) is 39.2 Å². The van der Waals surface area contributed by atoms with E-state index in [0.717, 1.165) is 0 Å². The molecule has 0 amide bonds. The number of ketones is 1. The van der Waals surface area contributed by atoms with Gasteiger partial charge in [0.05, 0.1) is 0 Å². The maximum Gasteiger partial charge on any atom is 0.189 e. The number of carbonyl (C=O) groups excluding carboxylic acids is 1. The molecular weight excluding hydrogens is 142 g/mol. The van der Waals surface area contributed by atoms with E-state index in [4.69, 9.17) is 0 Å². The summed E-state index contributed by atoms with van der Waals surface area (Å²) in [6.07, 6.45) is 3.16. The molecule has 0 radical (unpaired) electrons. The van der Waals surface area contributed by atoms with E-state index in [9.17, 15) is 4.79 Å². The molecule has 0 aromatic carbocycles. The Bertz CT molecular complexity index is 233. The van der Waals surface area contributed by atoms with E-state index in [2.05, 4.69) is 9.72 Å². The molecule has 11 heavy (non-hydrogen) atoms. The Kier molecular flexibility index (Phi) is 2.74. The van der Waals surface area contributed by atoms with Crippen LogP contribution < -0.4 is 0 Å². The number of nitrogens with zero attached hydrogens (tertiary/aromatic N) is 1. The van der Waals surface area contributed by atoms with Crippen molar-refractivity contribution >= 4 is 5.78 Å². The van der Waals surface area contributed by atoms with Gasteiger partial charge in [0.2, 0.25) is 0 Å². The molecule has 0 unspecified atom stereocenters. The van der Waals surface area contributed by atoms with Crippen molar-refractivity contribution in [3.63, 3.8) is 0 Å². The van der Waals surface area contributed by atoms with Crippen molar-refractivity contribution in [2.45, 2.75) is 0 Å². The standard InChI is InChI=1S/C8H9NO2/c1-11-6-8(10)7-3-2-4-9-5-7/h2-5H,6H2,1H3. The molecule has 0 saturated carbocycles. The van der Waals surface area contributed by atoms with Crippen molar-refractivity contribution in [3.05, 3.63) is 30.1 Å². The lowest BCUT2D eigenvalue weighted by Crippen LogP contribution is -2.06. The van der Waals surface area contributed by atoms with Gasteiger partial charge in [0.15, 0.2) is 5.78 Å². The highest BCUT2D eigenvalue weighted by Crippen LogP contribution is 1.96. The Morgan fingerprint density at radius 2 is 2.55 bits per heavy atom. The Morgan fingerprint density at radius 1 is 1.73 bits per heavy atom. The summed E-state index contributed by atoms with van der Waals surface area (Å²) in [5.74, 6) is -0.0411. The van der Waals surface area contributed by atoms with Crippen molar-refractivity contribution in [1.82, 2.24) is 4.98 Å². The van der Waals surface area contributed by atoms with E-state index in [0.29, 0.717) is 5.56 Å². The fourth-order valence-corrected chi connectivity index (χ4v) is 0.742. The minimum atomic E-state index is -0.0411. The van der Waals surface area contributed by atoms with Gasteiger partial charge in [-0.15, -0.1) is 0 Å². The van der Waals surface area contributed by atoms with Crippen LogP contribution in [0.15, 0.2) is 24.5 Å². The number of rotatable bonds is 3. The molecule has 0 atom stereocenters. The number of methoxy groups -OCH3 is 1. The van der Waals surface area contributed by atoms with Gasteiger partial charge in [-0.3, -0.25) is 9.78 Å². The third kappa shape index (κ3) is 2.13. The molecule has 1 heterocycles. The van der Waals surface area contributed by atoms with Gasteiger partial charge >= 0.3 is 0 Å². The van der Waals surface area contributed by atoms with Gasteiger partial charge < -0.3 is 4.74 Å². The molecular formula is C8H9NO2. The first-order valence-electron chi connectivity index (χ1n) is 3.27. The van der Waals surface area contributed by atoms with Crippen LogP contribution in [0.3, 0.4) is 0 Å². The highest BCUT2D eigenvalue weighted by atomic mass is 16.5. The van der Waals surface area contributed by atoms with Gasteiger partial charge in [-0.1, -0.05) is 0 Å². The number of Topliss-reactive ketones (excluding diaryl/α,β-unsaturated/α-hetero) is 1. The number of carbonyl (C=O) groups is 1. The minimum Gasteiger partial charge on any atom is -0.377 e. The third-order valence-corrected chi connectivity index (χ3v) is 1.26. The summed E-state index contributed by atoms with van der Waals surface area (Å²) < 4.78 is 4.68. The van der Waals surface area contributed by atoms with E-state index in [1.807, 2.05) is 0 Å². The summed E-state index contributed by atoms with van der Waals surface area (Å²) in [5, 5.41) is 0. The van der Waals surface area contributed by atoms with Crippen molar-refractivity contribution < 1.29 is 9.53 Å². The first kappa shape index (κ1) is 7.88. The average molecular weight is 151 g/mol. The van der Waals surface area contributed by atoms with Crippen molar-refractivity contribution in [2.75, 3.05) is 13.7 Å². The molecule has 1 aromatic rings. The Labute approximate surface area is 65.0 Å². The van der Waals surface area contributed by atoms with Crippen molar-refractivity contribution in [2.24, 2.45) is 0 Å². The van der Waals surface area contributed by atoms with E-state index in [1.54, 1.807) is 18.3 Å². The van der Waals surface area contributed by atoms with Crippen molar-refractivity contribution in [1.29, 1.82) is 0 Å². The van der Waals surface area contributed by atoms with Gasteiger partial charge in [-0.25, -0.2) is 0 Å². The van der Waals surface area contributed by atoms with E-state index < -0.39 is 0 Å². The first-order chi connectivity index (χ1) is 5.34. The number of aromatic nitrogens is 1. The zero-order valence-corrected chi connectivity index (χ0v) is 6.28. The van der Waals surface area contributed by atoms with Crippen LogP contribution in [0.1, 0.15) is 10.4 Å². The highest BCUT2D eigenvalue weighted by molar-refractivity contribution is 5.96. The molecule has 3 heteroatoms. The second-order valence-electron chi connectivity index (χ2n) is 2.10. The monoisotopic (exact) mass is 151 g/mol. The smallest absolute Gasteiger partial charge is 0.189 e. The van der Waals surface area contributed by atoms with Crippen LogP contribution in [0.2, 0.25) is 0 Å². The Balaban J connectivity index is 2.69. The van der Waals surface area contributed by atoms with Gasteiger partial charge in [-0.05, 0) is 12.1 Å². The normalized spacial score (nSPS) is 9.55. The minimum absolute atomic E-state index is 0.0411. The number of hydrogen-bond acceptors (Lipinski definition) is 3. The summed E-state index contributed by atoms with van der Waals surface area (Å²) in [7, 11) is 1.49. The number of ether oxygens (including phenoxy) is 1.